The predicted octanol–water partition coefficient (Wildman–Crippen LogP) is 5.46. The van der Waals surface area contributed by atoms with Gasteiger partial charge in [0, 0.05) is 17.9 Å². The maximum atomic E-state index is 12.4. The van der Waals surface area contributed by atoms with Crippen molar-refractivity contribution in [1.82, 2.24) is 9.97 Å². The average Bonchev–Trinajstić information content (AvgIpc) is 3.40. The number of amides is 1. The van der Waals surface area contributed by atoms with Gasteiger partial charge in [-0.3, -0.25) is 14.5 Å². The number of ether oxygens (including phenoxy) is 1. The SMILES string of the molecule is COc1ccc(N(C(C)=O)c2nc(C=C(CC(=O)O)c3nc4ccccc4s3)cs2)cc1. The summed E-state index contributed by atoms with van der Waals surface area (Å²) in [6.45, 7) is 1.47. The topological polar surface area (TPSA) is 92.6 Å². The molecule has 2 aromatic carbocycles. The van der Waals surface area contributed by atoms with E-state index in [2.05, 4.69) is 9.97 Å². The summed E-state index contributed by atoms with van der Waals surface area (Å²) >= 11 is 2.75. The molecule has 0 fully saturated rings. The number of anilines is 2. The molecule has 2 heterocycles. The van der Waals surface area contributed by atoms with Crippen molar-refractivity contribution in [2.75, 3.05) is 12.0 Å². The van der Waals surface area contributed by atoms with E-state index in [0.717, 1.165) is 10.2 Å². The molecule has 0 unspecified atom stereocenters. The highest BCUT2D eigenvalue weighted by Crippen LogP contribution is 2.33. The number of benzene rings is 2. The third-order valence-electron chi connectivity index (χ3n) is 4.58. The molecule has 7 nitrogen and oxygen atoms in total. The van der Waals surface area contributed by atoms with E-state index in [9.17, 15) is 14.7 Å². The number of rotatable bonds is 7. The van der Waals surface area contributed by atoms with Gasteiger partial charge < -0.3 is 9.84 Å². The van der Waals surface area contributed by atoms with Gasteiger partial charge in [-0.15, -0.1) is 22.7 Å². The number of carbonyl (C=O) groups is 2. The molecule has 0 atom stereocenters. The lowest BCUT2D eigenvalue weighted by Crippen LogP contribution is -2.22. The molecule has 1 N–H and O–H groups in total. The zero-order valence-electron chi connectivity index (χ0n) is 17.3. The Kier molecular flexibility index (Phi) is 6.29. The van der Waals surface area contributed by atoms with Crippen LogP contribution in [0.5, 0.6) is 5.75 Å². The maximum Gasteiger partial charge on any atom is 0.307 e. The number of carbonyl (C=O) groups excluding carboxylic acids is 1. The first-order valence-corrected chi connectivity index (χ1v) is 11.3. The molecular formula is C23H19N3O4S2. The fourth-order valence-electron chi connectivity index (χ4n) is 3.14. The third kappa shape index (κ3) is 4.68. The molecule has 0 spiro atoms. The second kappa shape index (κ2) is 9.29. The Morgan fingerprint density at radius 2 is 1.88 bits per heavy atom. The first-order chi connectivity index (χ1) is 15.4. The Bertz CT molecular complexity index is 1280. The monoisotopic (exact) mass is 465 g/mol. The smallest absolute Gasteiger partial charge is 0.307 e. The van der Waals surface area contributed by atoms with E-state index in [1.807, 2.05) is 24.3 Å². The average molecular weight is 466 g/mol. The Morgan fingerprint density at radius 3 is 2.53 bits per heavy atom. The zero-order valence-corrected chi connectivity index (χ0v) is 18.9. The molecule has 0 saturated carbocycles. The van der Waals surface area contributed by atoms with Crippen LogP contribution in [0.4, 0.5) is 10.8 Å². The molecule has 0 aliphatic rings. The summed E-state index contributed by atoms with van der Waals surface area (Å²) in [5, 5.41) is 12.3. The predicted molar refractivity (Wildman–Crippen MR) is 128 cm³/mol. The van der Waals surface area contributed by atoms with Crippen molar-refractivity contribution in [3.05, 3.63) is 64.6 Å². The molecule has 9 heteroatoms. The van der Waals surface area contributed by atoms with E-state index in [-0.39, 0.29) is 12.3 Å². The highest BCUT2D eigenvalue weighted by Gasteiger charge is 2.19. The van der Waals surface area contributed by atoms with E-state index in [1.165, 1.54) is 34.5 Å². The molecule has 162 valence electrons. The van der Waals surface area contributed by atoms with Crippen LogP contribution in [0.25, 0.3) is 21.9 Å². The fraction of sp³-hybridized carbons (Fsp3) is 0.130. The number of para-hydroxylation sites is 1. The lowest BCUT2D eigenvalue weighted by atomic mass is 10.1. The van der Waals surface area contributed by atoms with Gasteiger partial charge in [0.1, 0.15) is 10.8 Å². The van der Waals surface area contributed by atoms with E-state index in [0.29, 0.717) is 32.8 Å². The molecule has 0 aliphatic carbocycles. The molecule has 0 saturated heterocycles. The Morgan fingerprint density at radius 1 is 1.12 bits per heavy atom. The van der Waals surface area contributed by atoms with Gasteiger partial charge >= 0.3 is 5.97 Å². The van der Waals surface area contributed by atoms with Crippen LogP contribution in [0, 0.1) is 0 Å². The van der Waals surface area contributed by atoms with Crippen molar-refractivity contribution in [3.63, 3.8) is 0 Å². The second-order valence-corrected chi connectivity index (χ2v) is 8.70. The van der Waals surface area contributed by atoms with Crippen LogP contribution in [0.15, 0.2) is 53.9 Å². The normalized spacial score (nSPS) is 11.5. The van der Waals surface area contributed by atoms with Crippen molar-refractivity contribution in [1.29, 1.82) is 0 Å². The molecule has 2 aromatic heterocycles. The van der Waals surface area contributed by atoms with Crippen LogP contribution in [-0.4, -0.2) is 34.1 Å². The molecule has 0 radical (unpaired) electrons. The lowest BCUT2D eigenvalue weighted by Gasteiger charge is -2.18. The number of aromatic nitrogens is 2. The number of methoxy groups -OCH3 is 1. The van der Waals surface area contributed by atoms with Crippen LogP contribution in [0.1, 0.15) is 24.0 Å². The minimum atomic E-state index is -0.949. The first-order valence-electron chi connectivity index (χ1n) is 9.63. The van der Waals surface area contributed by atoms with Crippen molar-refractivity contribution >= 4 is 67.2 Å². The summed E-state index contributed by atoms with van der Waals surface area (Å²) in [7, 11) is 1.58. The summed E-state index contributed by atoms with van der Waals surface area (Å²) in [5.74, 6) is -0.444. The number of carboxylic acids is 1. The van der Waals surface area contributed by atoms with Crippen molar-refractivity contribution in [2.45, 2.75) is 13.3 Å². The van der Waals surface area contributed by atoms with Gasteiger partial charge in [0.15, 0.2) is 5.13 Å². The molecule has 4 rings (SSSR count). The summed E-state index contributed by atoms with van der Waals surface area (Å²) in [4.78, 5) is 34.5. The van der Waals surface area contributed by atoms with E-state index < -0.39 is 5.97 Å². The molecule has 32 heavy (non-hydrogen) atoms. The number of hydrogen-bond acceptors (Lipinski definition) is 7. The third-order valence-corrected chi connectivity index (χ3v) is 6.53. The molecular weight excluding hydrogens is 446 g/mol. The van der Waals surface area contributed by atoms with E-state index >= 15 is 0 Å². The quantitative estimate of drug-likeness (QED) is 0.390. The molecule has 1 amide bonds. The van der Waals surface area contributed by atoms with Gasteiger partial charge in [0.25, 0.3) is 0 Å². The first kappa shape index (κ1) is 21.7. The second-order valence-electron chi connectivity index (χ2n) is 6.83. The molecule has 4 aromatic rings. The van der Waals surface area contributed by atoms with Gasteiger partial charge in [0.2, 0.25) is 5.91 Å². The van der Waals surface area contributed by atoms with Crippen molar-refractivity contribution in [3.8, 4) is 5.75 Å². The van der Waals surface area contributed by atoms with Crippen LogP contribution in [0.2, 0.25) is 0 Å². The fourth-order valence-corrected chi connectivity index (χ4v) is 4.97. The Hall–Kier alpha value is -3.56. The van der Waals surface area contributed by atoms with Crippen LogP contribution < -0.4 is 9.64 Å². The lowest BCUT2D eigenvalue weighted by molar-refractivity contribution is -0.135. The number of thiazole rings is 2. The minimum Gasteiger partial charge on any atom is -0.497 e. The number of aliphatic carboxylic acids is 1. The Labute approximate surface area is 192 Å². The standard InChI is InChI=1S/C23H19N3O4S2/c1-14(27)26(17-7-9-18(30-2)10-8-17)23-24-16(13-31-23)11-15(12-21(28)29)22-25-19-5-3-4-6-20(19)32-22/h3-11,13H,12H2,1-2H3,(H,28,29). The number of nitrogens with zero attached hydrogens (tertiary/aromatic N) is 3. The van der Waals surface area contributed by atoms with Gasteiger partial charge in [-0.25, -0.2) is 9.97 Å². The number of fused-ring (bicyclic) bond motifs is 1. The zero-order chi connectivity index (χ0) is 22.7. The number of hydrogen-bond donors (Lipinski definition) is 1. The van der Waals surface area contributed by atoms with Crippen LogP contribution in [-0.2, 0) is 9.59 Å². The molecule has 0 bridgehead atoms. The van der Waals surface area contributed by atoms with Gasteiger partial charge in [-0.05, 0) is 42.5 Å². The van der Waals surface area contributed by atoms with Crippen molar-refractivity contribution < 1.29 is 19.4 Å². The molecule has 0 aliphatic heterocycles. The van der Waals surface area contributed by atoms with E-state index in [1.54, 1.807) is 42.8 Å². The summed E-state index contributed by atoms with van der Waals surface area (Å²) in [6.07, 6.45) is 1.54. The van der Waals surface area contributed by atoms with E-state index in [4.69, 9.17) is 4.74 Å². The summed E-state index contributed by atoms with van der Waals surface area (Å²) in [5.41, 5.74) is 2.62. The van der Waals surface area contributed by atoms with Crippen molar-refractivity contribution in [2.24, 2.45) is 0 Å². The number of carboxylic acid groups (broad SMARTS) is 1. The maximum absolute atomic E-state index is 12.4. The minimum absolute atomic E-state index is 0.179. The summed E-state index contributed by atoms with van der Waals surface area (Å²) < 4.78 is 6.17. The highest BCUT2D eigenvalue weighted by atomic mass is 32.1. The highest BCUT2D eigenvalue weighted by molar-refractivity contribution is 7.19. The van der Waals surface area contributed by atoms with Gasteiger partial charge in [-0.1, -0.05) is 12.1 Å². The van der Waals surface area contributed by atoms with Gasteiger partial charge in [0.05, 0.1) is 35.1 Å². The largest absolute Gasteiger partial charge is 0.497 e. The van der Waals surface area contributed by atoms with Gasteiger partial charge in [-0.2, -0.15) is 0 Å². The van der Waals surface area contributed by atoms with Crippen LogP contribution in [0.3, 0.4) is 0 Å². The van der Waals surface area contributed by atoms with Crippen LogP contribution >= 0.6 is 22.7 Å². The Balaban J connectivity index is 1.69. The summed E-state index contributed by atoms with van der Waals surface area (Å²) in [6, 6.07) is 14.8.